The van der Waals surface area contributed by atoms with Crippen LogP contribution < -0.4 is 0 Å². The highest BCUT2D eigenvalue weighted by atomic mass is 32.1. The van der Waals surface area contributed by atoms with Gasteiger partial charge in [-0.05, 0) is 42.9 Å². The van der Waals surface area contributed by atoms with Crippen LogP contribution >= 0.6 is 11.3 Å². The van der Waals surface area contributed by atoms with Crippen LogP contribution in [0, 0.1) is 5.92 Å². The van der Waals surface area contributed by atoms with E-state index in [2.05, 4.69) is 12.0 Å². The van der Waals surface area contributed by atoms with E-state index < -0.39 is 0 Å². The largest absolute Gasteiger partial charge is 0.461 e. The van der Waals surface area contributed by atoms with Crippen LogP contribution in [-0.4, -0.2) is 22.4 Å². The molecule has 1 unspecified atom stereocenters. The number of hydrogen-bond acceptors (Lipinski definition) is 4. The quantitative estimate of drug-likeness (QED) is 0.629. The minimum absolute atomic E-state index is 0.178. The molecule has 21 heavy (non-hydrogen) atoms. The number of carbonyl (C=O) groups is 1. The Morgan fingerprint density at radius 1 is 1.57 bits per heavy atom. The third kappa shape index (κ3) is 3.53. The maximum atomic E-state index is 12.1. The van der Waals surface area contributed by atoms with Gasteiger partial charge < -0.3 is 4.74 Å². The molecule has 3 rings (SSSR count). The van der Waals surface area contributed by atoms with Crippen molar-refractivity contribution in [1.29, 1.82) is 0 Å². The van der Waals surface area contributed by atoms with Crippen LogP contribution in [0.15, 0.2) is 24.5 Å². The topological polar surface area (TPSA) is 44.1 Å². The van der Waals surface area contributed by atoms with Gasteiger partial charge in [-0.25, -0.2) is 4.79 Å². The van der Waals surface area contributed by atoms with Crippen molar-refractivity contribution in [2.75, 3.05) is 6.61 Å². The molecular formula is C16H20N2O2S. The van der Waals surface area contributed by atoms with Gasteiger partial charge in [0.1, 0.15) is 4.88 Å². The summed E-state index contributed by atoms with van der Waals surface area (Å²) in [5.41, 5.74) is 1.35. The van der Waals surface area contributed by atoms with Gasteiger partial charge in [-0.3, -0.25) is 4.68 Å². The van der Waals surface area contributed by atoms with Crippen molar-refractivity contribution in [3.05, 3.63) is 39.8 Å². The Bertz CT molecular complexity index is 604. The molecule has 0 saturated heterocycles. The molecule has 0 spiro atoms. The number of aromatic nitrogens is 2. The molecule has 1 atom stereocenters. The average Bonchev–Trinajstić information content (AvgIpc) is 3.11. The Labute approximate surface area is 128 Å². The highest BCUT2D eigenvalue weighted by Gasteiger charge is 2.21. The normalized spacial score (nSPS) is 17.5. The molecule has 0 aromatic carbocycles. The van der Waals surface area contributed by atoms with Gasteiger partial charge in [0, 0.05) is 30.2 Å². The SMILES string of the molecule is CC1CCc2sc(C(=O)OCCCn3cccn3)cc2C1. The van der Waals surface area contributed by atoms with Crippen molar-refractivity contribution in [1.82, 2.24) is 9.78 Å². The molecule has 2 aromatic rings. The minimum Gasteiger partial charge on any atom is -0.461 e. The van der Waals surface area contributed by atoms with E-state index in [1.165, 1.54) is 16.9 Å². The molecule has 0 amide bonds. The summed E-state index contributed by atoms with van der Waals surface area (Å²) in [6, 6.07) is 3.93. The van der Waals surface area contributed by atoms with E-state index in [1.54, 1.807) is 17.5 Å². The van der Waals surface area contributed by atoms with E-state index in [-0.39, 0.29) is 5.97 Å². The van der Waals surface area contributed by atoms with Crippen molar-refractivity contribution in [3.8, 4) is 0 Å². The Morgan fingerprint density at radius 2 is 2.48 bits per heavy atom. The second-order valence-corrected chi connectivity index (χ2v) is 6.80. The molecule has 2 aromatic heterocycles. The van der Waals surface area contributed by atoms with Gasteiger partial charge >= 0.3 is 5.97 Å². The molecule has 5 heteroatoms. The maximum absolute atomic E-state index is 12.1. The number of esters is 1. The van der Waals surface area contributed by atoms with Gasteiger partial charge in [-0.1, -0.05) is 6.92 Å². The molecule has 0 bridgehead atoms. The summed E-state index contributed by atoms with van der Waals surface area (Å²) >= 11 is 1.61. The molecular weight excluding hydrogens is 284 g/mol. The third-order valence-electron chi connectivity index (χ3n) is 3.85. The van der Waals surface area contributed by atoms with E-state index >= 15 is 0 Å². The molecule has 0 radical (unpaired) electrons. The Morgan fingerprint density at radius 3 is 3.29 bits per heavy atom. The van der Waals surface area contributed by atoms with Crippen LogP contribution in [0.25, 0.3) is 0 Å². The van der Waals surface area contributed by atoms with Crippen molar-refractivity contribution in [2.45, 2.75) is 39.2 Å². The number of thiophene rings is 1. The predicted molar refractivity (Wildman–Crippen MR) is 82.6 cm³/mol. The van der Waals surface area contributed by atoms with Crippen LogP contribution in [0.5, 0.6) is 0 Å². The first-order chi connectivity index (χ1) is 10.2. The molecule has 0 saturated carbocycles. The number of aryl methyl sites for hydroxylation is 2. The second-order valence-electron chi connectivity index (χ2n) is 5.67. The Kier molecular flexibility index (Phi) is 4.39. The van der Waals surface area contributed by atoms with E-state index in [1.807, 2.05) is 23.0 Å². The summed E-state index contributed by atoms with van der Waals surface area (Å²) in [7, 11) is 0. The van der Waals surface area contributed by atoms with E-state index in [0.717, 1.165) is 36.6 Å². The molecule has 1 aliphatic rings. The number of carbonyl (C=O) groups excluding carboxylic acids is 1. The summed E-state index contributed by atoms with van der Waals surface area (Å²) in [5.74, 6) is 0.549. The van der Waals surface area contributed by atoms with Crippen LogP contribution in [0.2, 0.25) is 0 Å². The number of fused-ring (bicyclic) bond motifs is 1. The zero-order valence-electron chi connectivity index (χ0n) is 12.2. The second kappa shape index (κ2) is 6.43. The van der Waals surface area contributed by atoms with Gasteiger partial charge in [0.05, 0.1) is 6.61 Å². The summed E-state index contributed by atoms with van der Waals surface area (Å²) in [5, 5.41) is 4.12. The zero-order chi connectivity index (χ0) is 14.7. The van der Waals surface area contributed by atoms with Crippen LogP contribution in [0.1, 0.15) is 39.9 Å². The van der Waals surface area contributed by atoms with Crippen LogP contribution in [0.4, 0.5) is 0 Å². The number of rotatable bonds is 5. The molecule has 2 heterocycles. The molecule has 4 nitrogen and oxygen atoms in total. The van der Waals surface area contributed by atoms with E-state index in [4.69, 9.17) is 4.74 Å². The third-order valence-corrected chi connectivity index (χ3v) is 5.07. The zero-order valence-corrected chi connectivity index (χ0v) is 13.1. The fourth-order valence-corrected chi connectivity index (χ4v) is 3.80. The van der Waals surface area contributed by atoms with Gasteiger partial charge in [-0.2, -0.15) is 5.10 Å². The highest BCUT2D eigenvalue weighted by molar-refractivity contribution is 7.14. The summed E-state index contributed by atoms with van der Waals surface area (Å²) in [6.45, 7) is 3.49. The Balaban J connectivity index is 1.49. The summed E-state index contributed by atoms with van der Waals surface area (Å²) in [4.78, 5) is 14.2. The van der Waals surface area contributed by atoms with Crippen molar-refractivity contribution >= 4 is 17.3 Å². The molecule has 0 aliphatic heterocycles. The lowest BCUT2D eigenvalue weighted by atomic mass is 9.90. The van der Waals surface area contributed by atoms with Gasteiger partial charge in [0.2, 0.25) is 0 Å². The minimum atomic E-state index is -0.178. The van der Waals surface area contributed by atoms with Crippen LogP contribution in [0.3, 0.4) is 0 Å². The van der Waals surface area contributed by atoms with E-state index in [9.17, 15) is 4.79 Å². The standard InChI is InChI=1S/C16H20N2O2S/c1-12-4-5-14-13(10-12)11-15(21-14)16(19)20-9-3-8-18-7-2-6-17-18/h2,6-7,11-12H,3-5,8-10H2,1H3. The smallest absolute Gasteiger partial charge is 0.348 e. The monoisotopic (exact) mass is 304 g/mol. The Hall–Kier alpha value is -1.62. The van der Waals surface area contributed by atoms with Crippen molar-refractivity contribution in [2.24, 2.45) is 5.92 Å². The highest BCUT2D eigenvalue weighted by Crippen LogP contribution is 2.32. The first-order valence-corrected chi connectivity index (χ1v) is 8.30. The van der Waals surface area contributed by atoms with Gasteiger partial charge in [0.15, 0.2) is 0 Å². The lowest BCUT2D eigenvalue weighted by Crippen LogP contribution is -2.08. The predicted octanol–water partition coefficient (Wildman–Crippen LogP) is 3.32. The fourth-order valence-electron chi connectivity index (χ4n) is 2.70. The van der Waals surface area contributed by atoms with Crippen molar-refractivity contribution in [3.63, 3.8) is 0 Å². The van der Waals surface area contributed by atoms with Gasteiger partial charge in [0.25, 0.3) is 0 Å². The molecule has 1 aliphatic carbocycles. The first kappa shape index (κ1) is 14.3. The van der Waals surface area contributed by atoms with E-state index in [0.29, 0.717) is 6.61 Å². The number of hydrogen-bond donors (Lipinski definition) is 0. The summed E-state index contributed by atoms with van der Waals surface area (Å²) in [6.07, 6.45) is 7.88. The number of nitrogens with zero attached hydrogens (tertiary/aromatic N) is 2. The molecule has 0 fully saturated rings. The summed E-state index contributed by atoms with van der Waals surface area (Å²) < 4.78 is 7.21. The van der Waals surface area contributed by atoms with Crippen molar-refractivity contribution < 1.29 is 9.53 Å². The van der Waals surface area contributed by atoms with Crippen LogP contribution in [-0.2, 0) is 24.1 Å². The lowest BCUT2D eigenvalue weighted by molar-refractivity contribution is 0.0500. The maximum Gasteiger partial charge on any atom is 0.348 e. The average molecular weight is 304 g/mol. The number of ether oxygens (including phenoxy) is 1. The fraction of sp³-hybridized carbons (Fsp3) is 0.500. The molecule has 0 N–H and O–H groups in total. The lowest BCUT2D eigenvalue weighted by Gasteiger charge is -2.16. The first-order valence-electron chi connectivity index (χ1n) is 7.48. The van der Waals surface area contributed by atoms with Gasteiger partial charge in [-0.15, -0.1) is 11.3 Å². The molecule has 112 valence electrons.